The van der Waals surface area contributed by atoms with Crippen LogP contribution in [-0.2, 0) is 13.6 Å². The predicted octanol–water partition coefficient (Wildman–Crippen LogP) is 3.99. The summed E-state index contributed by atoms with van der Waals surface area (Å²) in [5.41, 5.74) is 2.39. The maximum Gasteiger partial charge on any atom is 0.193 e. The molecule has 0 aliphatic carbocycles. The second-order valence-corrected chi connectivity index (χ2v) is 8.28. The summed E-state index contributed by atoms with van der Waals surface area (Å²) in [6.07, 6.45) is 7.71. The molecule has 1 fully saturated rings. The van der Waals surface area contributed by atoms with E-state index in [0.717, 1.165) is 43.6 Å². The molecular weight excluding hydrogens is 491 g/mol. The van der Waals surface area contributed by atoms with E-state index in [0.29, 0.717) is 5.92 Å². The number of nitrogens with zero attached hydrogens (tertiary/aromatic N) is 5. The van der Waals surface area contributed by atoms with Crippen LogP contribution in [0.2, 0.25) is 0 Å². The van der Waals surface area contributed by atoms with Crippen LogP contribution in [-0.4, -0.2) is 59.3 Å². The normalized spacial score (nSPS) is 16.4. The maximum absolute atomic E-state index is 5.77. The Balaban J connectivity index is 0.00000320. The molecule has 0 saturated carbocycles. The molecule has 0 amide bonds. The number of nitrogens with one attached hydrogen (secondary N) is 1. The van der Waals surface area contributed by atoms with Gasteiger partial charge in [0, 0.05) is 46.0 Å². The van der Waals surface area contributed by atoms with E-state index >= 15 is 0 Å². The van der Waals surface area contributed by atoms with E-state index < -0.39 is 0 Å². The average molecular weight is 528 g/mol. The summed E-state index contributed by atoms with van der Waals surface area (Å²) in [7, 11) is 5.90. The van der Waals surface area contributed by atoms with E-state index in [-0.39, 0.29) is 30.0 Å². The van der Waals surface area contributed by atoms with E-state index in [1.54, 1.807) is 6.26 Å². The number of rotatable bonds is 7. The summed E-state index contributed by atoms with van der Waals surface area (Å²) in [5, 5.41) is 8.21. The highest BCUT2D eigenvalue weighted by atomic mass is 127. The summed E-state index contributed by atoms with van der Waals surface area (Å²) in [6.45, 7) is 8.16. The zero-order valence-electron chi connectivity index (χ0n) is 19.0. The zero-order chi connectivity index (χ0) is 20.8. The van der Waals surface area contributed by atoms with E-state index in [9.17, 15) is 0 Å². The van der Waals surface area contributed by atoms with Gasteiger partial charge in [-0.2, -0.15) is 5.10 Å². The summed E-state index contributed by atoms with van der Waals surface area (Å²) in [5.74, 6) is 2.31. The fourth-order valence-electron chi connectivity index (χ4n) is 4.19. The van der Waals surface area contributed by atoms with Gasteiger partial charge in [0.05, 0.1) is 18.0 Å². The summed E-state index contributed by atoms with van der Waals surface area (Å²) >= 11 is 0. The first-order valence-corrected chi connectivity index (χ1v) is 10.7. The molecule has 30 heavy (non-hydrogen) atoms. The van der Waals surface area contributed by atoms with Gasteiger partial charge in [0.1, 0.15) is 5.76 Å². The lowest BCUT2D eigenvalue weighted by Gasteiger charge is -2.34. The number of furan rings is 1. The number of piperidine rings is 1. The molecule has 2 aromatic heterocycles. The second kappa shape index (κ2) is 11.7. The van der Waals surface area contributed by atoms with Crippen molar-refractivity contribution in [3.8, 4) is 0 Å². The van der Waals surface area contributed by atoms with Gasteiger partial charge in [-0.15, -0.1) is 24.0 Å². The van der Waals surface area contributed by atoms with Crippen LogP contribution in [0.25, 0.3) is 0 Å². The molecule has 1 aliphatic heterocycles. The van der Waals surface area contributed by atoms with Crippen LogP contribution < -0.4 is 5.32 Å². The number of hydrogen-bond donors (Lipinski definition) is 1. The average Bonchev–Trinajstić information content (AvgIpc) is 3.36. The molecule has 3 rings (SSSR count). The van der Waals surface area contributed by atoms with Crippen LogP contribution in [0.4, 0.5) is 0 Å². The standard InChI is InChI=1S/C22H36N6O.HI/c1-17(2)21-18(16-27(5)25-21)15-26(4)22(23-3)24-14-19(20-10-9-13-29-20)28-11-7-6-8-12-28;/h9-10,13,16-17,19H,6-8,11-12,14-15H2,1-5H3,(H,23,24);1H. The molecule has 1 atom stereocenters. The molecule has 8 heteroatoms. The molecule has 1 saturated heterocycles. The van der Waals surface area contributed by atoms with Crippen LogP contribution in [0.5, 0.6) is 0 Å². The molecule has 0 aromatic carbocycles. The number of aryl methyl sites for hydroxylation is 1. The minimum Gasteiger partial charge on any atom is -0.468 e. The maximum atomic E-state index is 5.77. The number of aromatic nitrogens is 2. The third-order valence-corrected chi connectivity index (χ3v) is 5.62. The van der Waals surface area contributed by atoms with Crippen molar-refractivity contribution < 1.29 is 4.42 Å². The lowest BCUT2D eigenvalue weighted by molar-refractivity contribution is 0.146. The monoisotopic (exact) mass is 528 g/mol. The molecule has 7 nitrogen and oxygen atoms in total. The number of halogens is 1. The minimum atomic E-state index is 0. The quantitative estimate of drug-likeness (QED) is 0.335. The Morgan fingerprint density at radius 2 is 2.03 bits per heavy atom. The van der Waals surface area contributed by atoms with Gasteiger partial charge in [0.25, 0.3) is 0 Å². The van der Waals surface area contributed by atoms with Gasteiger partial charge in [-0.1, -0.05) is 20.3 Å². The number of guanidine groups is 1. The van der Waals surface area contributed by atoms with Crippen LogP contribution in [0.3, 0.4) is 0 Å². The SMILES string of the molecule is CN=C(NCC(c1ccco1)N1CCCCC1)N(C)Cc1cn(C)nc1C(C)C.I. The molecule has 3 heterocycles. The molecule has 0 radical (unpaired) electrons. The smallest absolute Gasteiger partial charge is 0.193 e. The first-order valence-electron chi connectivity index (χ1n) is 10.7. The molecular formula is C22H37IN6O. The number of hydrogen-bond acceptors (Lipinski definition) is 4. The molecule has 0 spiro atoms. The van der Waals surface area contributed by atoms with Crippen molar-refractivity contribution in [3.63, 3.8) is 0 Å². The lowest BCUT2D eigenvalue weighted by atomic mass is 10.1. The third kappa shape index (κ3) is 6.23. The Labute approximate surface area is 197 Å². The first kappa shape index (κ1) is 24.7. The molecule has 2 aromatic rings. The highest BCUT2D eigenvalue weighted by Gasteiger charge is 2.25. The van der Waals surface area contributed by atoms with E-state index in [1.807, 2.05) is 24.8 Å². The molecule has 1 unspecified atom stereocenters. The van der Waals surface area contributed by atoms with Crippen molar-refractivity contribution in [2.24, 2.45) is 12.0 Å². The van der Waals surface area contributed by atoms with Crippen molar-refractivity contribution >= 4 is 29.9 Å². The van der Waals surface area contributed by atoms with Crippen molar-refractivity contribution in [2.45, 2.75) is 51.6 Å². The van der Waals surface area contributed by atoms with Gasteiger partial charge >= 0.3 is 0 Å². The number of likely N-dealkylation sites (tertiary alicyclic amines) is 1. The van der Waals surface area contributed by atoms with Crippen LogP contribution in [0.1, 0.15) is 62.1 Å². The van der Waals surface area contributed by atoms with E-state index in [2.05, 4.69) is 58.4 Å². The topological polar surface area (TPSA) is 61.8 Å². The Bertz CT molecular complexity index is 780. The summed E-state index contributed by atoms with van der Waals surface area (Å²) in [4.78, 5) is 9.21. The second-order valence-electron chi connectivity index (χ2n) is 8.28. The highest BCUT2D eigenvalue weighted by molar-refractivity contribution is 14.0. The fourth-order valence-corrected chi connectivity index (χ4v) is 4.19. The highest BCUT2D eigenvalue weighted by Crippen LogP contribution is 2.24. The van der Waals surface area contributed by atoms with Crippen molar-refractivity contribution in [1.29, 1.82) is 0 Å². The molecule has 0 bridgehead atoms. The Morgan fingerprint density at radius 1 is 1.30 bits per heavy atom. The third-order valence-electron chi connectivity index (χ3n) is 5.62. The Morgan fingerprint density at radius 3 is 2.63 bits per heavy atom. The van der Waals surface area contributed by atoms with Gasteiger partial charge in [-0.3, -0.25) is 14.6 Å². The Kier molecular flexibility index (Phi) is 9.67. The van der Waals surface area contributed by atoms with Gasteiger partial charge in [0.2, 0.25) is 0 Å². The van der Waals surface area contributed by atoms with Gasteiger partial charge < -0.3 is 14.6 Å². The summed E-state index contributed by atoms with van der Waals surface area (Å²) in [6, 6.07) is 4.28. The zero-order valence-corrected chi connectivity index (χ0v) is 21.3. The van der Waals surface area contributed by atoms with Crippen LogP contribution >= 0.6 is 24.0 Å². The van der Waals surface area contributed by atoms with Crippen LogP contribution in [0.15, 0.2) is 34.0 Å². The van der Waals surface area contributed by atoms with Gasteiger partial charge in [-0.05, 0) is 44.0 Å². The van der Waals surface area contributed by atoms with Crippen molar-refractivity contribution in [1.82, 2.24) is 24.9 Å². The van der Waals surface area contributed by atoms with Gasteiger partial charge in [-0.25, -0.2) is 0 Å². The predicted molar refractivity (Wildman–Crippen MR) is 132 cm³/mol. The molecule has 168 valence electrons. The number of aliphatic imine (C=N–C) groups is 1. The molecule has 1 N–H and O–H groups in total. The first-order chi connectivity index (χ1) is 14.0. The lowest BCUT2D eigenvalue weighted by Crippen LogP contribution is -2.44. The van der Waals surface area contributed by atoms with E-state index in [4.69, 9.17) is 4.42 Å². The molecule has 1 aliphatic rings. The van der Waals surface area contributed by atoms with Gasteiger partial charge in [0.15, 0.2) is 5.96 Å². The Hall–Kier alpha value is -1.55. The minimum absolute atomic E-state index is 0. The van der Waals surface area contributed by atoms with Crippen LogP contribution in [0, 0.1) is 0 Å². The fraction of sp³-hybridized carbons (Fsp3) is 0.636. The summed E-state index contributed by atoms with van der Waals surface area (Å²) < 4.78 is 7.67. The van der Waals surface area contributed by atoms with Crippen molar-refractivity contribution in [3.05, 3.63) is 41.6 Å². The van der Waals surface area contributed by atoms with Crippen molar-refractivity contribution in [2.75, 3.05) is 33.7 Å². The largest absolute Gasteiger partial charge is 0.468 e. The van der Waals surface area contributed by atoms with E-state index in [1.165, 1.54) is 24.8 Å².